The first kappa shape index (κ1) is 88.3. The zero-order chi connectivity index (χ0) is 80.3. The van der Waals surface area contributed by atoms with E-state index >= 15 is 0 Å². The van der Waals surface area contributed by atoms with Gasteiger partial charge in [0.25, 0.3) is 0 Å². The molecule has 41 nitrogen and oxygen atoms in total. The third kappa shape index (κ3) is 29.7. The van der Waals surface area contributed by atoms with Gasteiger partial charge in [-0.05, 0) is 43.4 Å². The SMILES string of the molecule is C[C@H](NC(=O)CNC(=O)[C@@H](N)CS)C(=O)N[C@@H](Cc1cnc[nH]1)C(=O)NCC(=O)N[C@@H](CCCNC(=N)N)C(=O)N[C@@H](Cc1cnc[nH]1)C(=O)N[C@@H](CS)C(=O)N[C@@H](CS)C(=O)N[C@@H](CO)C(=O)N[C@@H](CCC(N)=O)C(=O)N[C@@H](CO)C(=O)N[C@@H](Cc1ccccc1)C(=O)N[C@@H](Cc1c[nH]c2ccccc12)C(=O)O. The number of primary amides is 1. The monoisotopic (exact) mass is 1580 g/mol. The van der Waals surface area contributed by atoms with Crippen molar-refractivity contribution in [2.45, 2.75) is 131 Å². The van der Waals surface area contributed by atoms with Crippen LogP contribution < -0.4 is 91.6 Å². The highest BCUT2D eigenvalue weighted by molar-refractivity contribution is 7.80. The number of hydrogen-bond acceptors (Lipinski definition) is 24. The summed E-state index contributed by atoms with van der Waals surface area (Å²) in [5, 5.41) is 72.9. The van der Waals surface area contributed by atoms with Crippen LogP contribution >= 0.6 is 37.9 Å². The number of benzene rings is 2. The van der Waals surface area contributed by atoms with Crippen molar-refractivity contribution in [1.29, 1.82) is 5.41 Å². The van der Waals surface area contributed by atoms with E-state index in [1.54, 1.807) is 60.8 Å². The van der Waals surface area contributed by atoms with Crippen LogP contribution in [0.15, 0.2) is 85.8 Å². The molecule has 0 radical (unpaired) electrons. The zero-order valence-corrected chi connectivity index (χ0v) is 61.4. The maximum atomic E-state index is 14.3. The number of H-pyrrole nitrogens is 3. The van der Waals surface area contributed by atoms with Gasteiger partial charge >= 0.3 is 5.97 Å². The third-order valence-corrected chi connectivity index (χ3v) is 17.3. The smallest absolute Gasteiger partial charge is 0.326 e. The summed E-state index contributed by atoms with van der Waals surface area (Å²) >= 11 is 12.3. The minimum absolute atomic E-state index is 0.00112. The number of nitrogens with one attached hydrogen (secondary N) is 18. The van der Waals surface area contributed by atoms with Gasteiger partial charge in [-0.1, -0.05) is 48.5 Å². The average Bonchev–Trinajstić information content (AvgIpc) is 1.72. The van der Waals surface area contributed by atoms with Crippen LogP contribution in [0.3, 0.4) is 0 Å². The molecular formula is C65H91N23O18S3. The second-order valence-corrected chi connectivity index (χ2v) is 25.7. The van der Waals surface area contributed by atoms with Crippen LogP contribution in [0.2, 0.25) is 0 Å². The lowest BCUT2D eigenvalue weighted by molar-refractivity contribution is -0.142. The van der Waals surface area contributed by atoms with Crippen molar-refractivity contribution < 1.29 is 87.2 Å². The first-order valence-corrected chi connectivity index (χ1v) is 35.7. The summed E-state index contributed by atoms with van der Waals surface area (Å²) in [6.07, 6.45) is 4.70. The Bertz CT molecular complexity index is 3950. The predicted octanol–water partition coefficient (Wildman–Crippen LogP) is -8.82. The molecule has 592 valence electrons. The Morgan fingerprint density at radius 1 is 0.477 bits per heavy atom. The van der Waals surface area contributed by atoms with Crippen LogP contribution in [0.5, 0.6) is 0 Å². The van der Waals surface area contributed by atoms with Crippen molar-refractivity contribution in [2.75, 3.05) is 50.1 Å². The lowest BCUT2D eigenvalue weighted by Gasteiger charge is -2.27. The van der Waals surface area contributed by atoms with Crippen LogP contribution in [0.1, 0.15) is 55.1 Å². The van der Waals surface area contributed by atoms with Gasteiger partial charge in [0.2, 0.25) is 82.7 Å². The number of carbonyl (C=O) groups excluding carboxylic acids is 14. The summed E-state index contributed by atoms with van der Waals surface area (Å²) in [6, 6.07) is -3.30. The molecule has 2 aromatic carbocycles. The van der Waals surface area contributed by atoms with Crippen molar-refractivity contribution in [3.63, 3.8) is 0 Å². The average molecular weight is 1580 g/mol. The number of guanidine groups is 1. The van der Waals surface area contributed by atoms with E-state index in [0.29, 0.717) is 27.7 Å². The van der Waals surface area contributed by atoms with Crippen LogP contribution in [0.25, 0.3) is 10.9 Å². The number of aliphatic carboxylic acids is 1. The quantitative estimate of drug-likeness (QED) is 0.00744. The maximum absolute atomic E-state index is 14.3. The molecule has 0 aliphatic heterocycles. The number of para-hydroxylation sites is 1. The fourth-order valence-corrected chi connectivity index (χ4v) is 11.0. The number of rotatable bonds is 47. The minimum Gasteiger partial charge on any atom is -0.480 e. The van der Waals surface area contributed by atoms with Gasteiger partial charge in [-0.25, -0.2) is 14.8 Å². The topological polar surface area (TPSA) is 660 Å². The van der Waals surface area contributed by atoms with E-state index < -0.39 is 218 Å². The van der Waals surface area contributed by atoms with Crippen LogP contribution in [-0.4, -0.2) is 257 Å². The van der Waals surface area contributed by atoms with Gasteiger partial charge in [0, 0.05) is 96.8 Å². The van der Waals surface area contributed by atoms with E-state index in [0.717, 1.165) is 0 Å². The number of aromatic nitrogens is 5. The fourth-order valence-electron chi connectivity index (χ4n) is 10.3. The Morgan fingerprint density at radius 2 is 0.917 bits per heavy atom. The first-order chi connectivity index (χ1) is 52.0. The number of carboxylic acid groups (broad SMARTS) is 1. The normalized spacial score (nSPS) is 14.3. The van der Waals surface area contributed by atoms with E-state index in [4.69, 9.17) is 22.6 Å². The molecule has 3 aromatic heterocycles. The molecule has 27 N–H and O–H groups in total. The molecule has 5 aromatic rings. The van der Waals surface area contributed by atoms with Crippen molar-refractivity contribution in [1.82, 2.24) is 99.4 Å². The van der Waals surface area contributed by atoms with Crippen molar-refractivity contribution in [3.8, 4) is 0 Å². The lowest BCUT2D eigenvalue weighted by Crippen LogP contribution is -2.62. The zero-order valence-electron chi connectivity index (χ0n) is 58.8. The van der Waals surface area contributed by atoms with Crippen molar-refractivity contribution in [3.05, 3.63) is 108 Å². The number of thiol groups is 3. The number of amides is 14. The number of imidazole rings is 2. The standard InChI is InChI=1S/C65H91N23O18S3/c1-32(78-51(92)23-74-54(95)38(66)27-107)53(94)81-43(18-35-21-70-30-76-35)55(96)75-24-52(93)79-40(12-7-15-72-65(68)69)56(97)83-44(19-36-22-71-31-77-36)59(100)87-49(29-109)63(104)88-48(28-108)62(103)86-46(25-89)60(101)80-41(13-14-50(67)91)57(98)85-47(26-90)61(102)82-42(16-33-8-3-2-4-9-33)58(99)84-45(64(105)106)17-34-20-73-39-11-6-5-10-37(34)39/h2-6,8-11,20-22,30-32,38,40-49,73,89-90,107-109H,7,12-19,23-29,66H2,1H3,(H2,67,91)(H,70,76)(H,71,77)(H,74,95)(H,75,96)(H,78,92)(H,79,93)(H,80,101)(H,81,94)(H,82,102)(H,83,97)(H,84,99)(H,85,98)(H,86,103)(H,87,100)(H,88,104)(H,105,106)(H4,68,69,72)/t32-,38-,40-,41-,42-,43-,44-,45-,46-,47-,48-,49-/m0/s1. The summed E-state index contributed by atoms with van der Waals surface area (Å²) < 4.78 is 0. The predicted molar refractivity (Wildman–Crippen MR) is 399 cm³/mol. The highest BCUT2D eigenvalue weighted by Crippen LogP contribution is 2.20. The number of carbonyl (C=O) groups is 15. The Balaban J connectivity index is 1.23. The lowest BCUT2D eigenvalue weighted by atomic mass is 10.0. The molecule has 0 aliphatic rings. The summed E-state index contributed by atoms with van der Waals surface area (Å²) in [4.78, 5) is 218. The maximum Gasteiger partial charge on any atom is 0.326 e. The summed E-state index contributed by atoms with van der Waals surface area (Å²) in [5.74, 6) is -16.8. The number of nitrogens with zero attached hydrogens (tertiary/aromatic N) is 2. The number of nitrogens with two attached hydrogens (primary N) is 3. The molecule has 0 unspecified atom stereocenters. The second kappa shape index (κ2) is 45.3. The Labute approximate surface area is 638 Å². The van der Waals surface area contributed by atoms with Crippen molar-refractivity contribution >= 4 is 143 Å². The molecule has 14 amide bonds. The molecule has 0 spiro atoms. The van der Waals surface area contributed by atoms with Gasteiger partial charge in [-0.2, -0.15) is 37.9 Å². The number of hydrogen-bond donors (Lipinski definition) is 27. The largest absolute Gasteiger partial charge is 0.480 e. The van der Waals surface area contributed by atoms with Gasteiger partial charge in [0.15, 0.2) is 5.96 Å². The highest BCUT2D eigenvalue weighted by atomic mass is 32.1. The van der Waals surface area contributed by atoms with E-state index in [9.17, 15) is 87.2 Å². The highest BCUT2D eigenvalue weighted by Gasteiger charge is 2.37. The van der Waals surface area contributed by atoms with E-state index in [2.05, 4.69) is 137 Å². The summed E-state index contributed by atoms with van der Waals surface area (Å²) in [5.41, 5.74) is 18.9. The molecule has 0 aliphatic carbocycles. The molecule has 0 bridgehead atoms. The molecule has 12 atom stereocenters. The minimum atomic E-state index is -1.93. The van der Waals surface area contributed by atoms with E-state index in [-0.39, 0.29) is 56.5 Å². The van der Waals surface area contributed by atoms with Crippen LogP contribution in [-0.2, 0) is 97.6 Å². The number of fused-ring (bicyclic) bond motifs is 1. The summed E-state index contributed by atoms with van der Waals surface area (Å²) in [6.45, 7) is -2.30. The second-order valence-electron chi connectivity index (χ2n) is 24.6. The molecule has 0 saturated carbocycles. The molecule has 5 rings (SSSR count). The van der Waals surface area contributed by atoms with Gasteiger partial charge in [0.05, 0.1) is 45.0 Å². The van der Waals surface area contributed by atoms with Crippen LogP contribution in [0, 0.1) is 5.41 Å². The number of aromatic amines is 3. The number of aliphatic hydroxyl groups excluding tert-OH is 2. The molecule has 0 saturated heterocycles. The molecule has 0 fully saturated rings. The molecular weight excluding hydrogens is 1490 g/mol. The fraction of sp³-hybridized carbons (Fsp3) is 0.446. The van der Waals surface area contributed by atoms with Gasteiger partial charge < -0.3 is 122 Å². The first-order valence-electron chi connectivity index (χ1n) is 33.8. The van der Waals surface area contributed by atoms with E-state index in [1.807, 2.05) is 0 Å². The van der Waals surface area contributed by atoms with Gasteiger partial charge in [-0.15, -0.1) is 0 Å². The molecule has 3 heterocycles. The molecule has 44 heteroatoms. The Hall–Kier alpha value is -11.4. The van der Waals surface area contributed by atoms with Crippen molar-refractivity contribution in [2.24, 2.45) is 17.2 Å². The summed E-state index contributed by atoms with van der Waals surface area (Å²) in [7, 11) is 0. The third-order valence-electron chi connectivity index (χ3n) is 16.2. The van der Waals surface area contributed by atoms with Gasteiger partial charge in [0.1, 0.15) is 66.5 Å². The van der Waals surface area contributed by atoms with Crippen LogP contribution in [0.4, 0.5) is 0 Å². The number of aliphatic hydroxyl groups is 2. The molecule has 109 heavy (non-hydrogen) atoms. The Morgan fingerprint density at radius 3 is 1.42 bits per heavy atom. The van der Waals surface area contributed by atoms with E-state index in [1.165, 1.54) is 32.0 Å². The Kier molecular flexibility index (Phi) is 36.7. The number of carboxylic acids is 1. The van der Waals surface area contributed by atoms with Gasteiger partial charge in [-0.3, -0.25) is 72.5 Å².